The van der Waals surface area contributed by atoms with Crippen molar-refractivity contribution in [2.75, 3.05) is 6.54 Å². The van der Waals surface area contributed by atoms with Crippen LogP contribution in [0.15, 0.2) is 48.8 Å². The van der Waals surface area contributed by atoms with Gasteiger partial charge >= 0.3 is 6.18 Å². The average molecular weight is 346 g/mol. The lowest BCUT2D eigenvalue weighted by Crippen LogP contribution is -2.46. The van der Waals surface area contributed by atoms with Crippen molar-refractivity contribution in [2.24, 2.45) is 0 Å². The highest BCUT2D eigenvalue weighted by Gasteiger charge is 2.49. The molecule has 0 saturated carbocycles. The molecule has 5 nitrogen and oxygen atoms in total. The van der Waals surface area contributed by atoms with Crippen LogP contribution in [0, 0.1) is 0 Å². The van der Waals surface area contributed by atoms with Gasteiger partial charge in [-0.05, 0) is 29.7 Å². The number of rotatable bonds is 1. The van der Waals surface area contributed by atoms with Gasteiger partial charge in [-0.3, -0.25) is 4.79 Å². The summed E-state index contributed by atoms with van der Waals surface area (Å²) in [4.78, 5) is 17.8. The molecule has 0 N–H and O–H groups in total. The van der Waals surface area contributed by atoms with E-state index in [1.165, 1.54) is 23.0 Å². The van der Waals surface area contributed by atoms with Crippen molar-refractivity contribution in [3.05, 3.63) is 65.6 Å². The molecular weight excluding hydrogens is 333 g/mol. The van der Waals surface area contributed by atoms with E-state index in [2.05, 4.69) is 10.1 Å². The molecule has 1 aliphatic heterocycles. The molecule has 0 saturated heterocycles. The fourth-order valence-corrected chi connectivity index (χ4v) is 3.29. The summed E-state index contributed by atoms with van der Waals surface area (Å²) < 4.78 is 42.6. The van der Waals surface area contributed by atoms with E-state index in [9.17, 15) is 18.0 Å². The lowest BCUT2D eigenvalue weighted by Gasteiger charge is -2.38. The van der Waals surface area contributed by atoms with E-state index < -0.39 is 18.1 Å². The predicted octanol–water partition coefficient (Wildman–Crippen LogP) is 3.03. The Morgan fingerprint density at radius 2 is 1.92 bits per heavy atom. The fraction of sp³-hybridized carbons (Fsp3) is 0.235. The van der Waals surface area contributed by atoms with Gasteiger partial charge in [-0.1, -0.05) is 30.3 Å². The van der Waals surface area contributed by atoms with Gasteiger partial charge in [0.2, 0.25) is 0 Å². The molecule has 0 aliphatic carbocycles. The molecule has 0 fully saturated rings. The normalized spacial score (nSPS) is 17.6. The molecule has 0 bridgehead atoms. The van der Waals surface area contributed by atoms with Gasteiger partial charge in [-0.15, -0.1) is 0 Å². The molecule has 25 heavy (non-hydrogen) atoms. The number of aromatic nitrogens is 3. The Hall–Kier alpha value is -2.90. The highest BCUT2D eigenvalue weighted by atomic mass is 19.4. The first kappa shape index (κ1) is 15.6. The number of fused-ring (bicyclic) bond motifs is 2. The zero-order valence-electron chi connectivity index (χ0n) is 12.9. The van der Waals surface area contributed by atoms with Gasteiger partial charge in [0.25, 0.3) is 5.91 Å². The monoisotopic (exact) mass is 346 g/mol. The number of hydrogen-bond acceptors (Lipinski definition) is 3. The zero-order chi connectivity index (χ0) is 17.6. The summed E-state index contributed by atoms with van der Waals surface area (Å²) >= 11 is 0. The number of benzene rings is 1. The van der Waals surface area contributed by atoms with Crippen molar-refractivity contribution in [1.29, 1.82) is 0 Å². The Balaban J connectivity index is 1.81. The second-order valence-corrected chi connectivity index (χ2v) is 5.83. The molecule has 0 radical (unpaired) electrons. The molecule has 1 atom stereocenters. The summed E-state index contributed by atoms with van der Waals surface area (Å²) in [6.07, 6.45) is -2.93. The number of carbonyl (C=O) groups is 1. The van der Waals surface area contributed by atoms with E-state index >= 15 is 0 Å². The van der Waals surface area contributed by atoms with Crippen LogP contribution in [-0.2, 0) is 6.42 Å². The summed E-state index contributed by atoms with van der Waals surface area (Å²) in [7, 11) is 0. The summed E-state index contributed by atoms with van der Waals surface area (Å²) in [6, 6.07) is 9.08. The quantitative estimate of drug-likeness (QED) is 0.681. The largest absolute Gasteiger partial charge is 0.413 e. The Bertz CT molecular complexity index is 950. The van der Waals surface area contributed by atoms with Gasteiger partial charge in [0, 0.05) is 6.54 Å². The first-order valence-corrected chi connectivity index (χ1v) is 7.71. The van der Waals surface area contributed by atoms with Crippen LogP contribution in [0.3, 0.4) is 0 Å². The fourth-order valence-electron chi connectivity index (χ4n) is 3.29. The lowest BCUT2D eigenvalue weighted by molar-refractivity contribution is -0.181. The van der Waals surface area contributed by atoms with Gasteiger partial charge in [0.05, 0.1) is 0 Å². The van der Waals surface area contributed by atoms with Gasteiger partial charge < -0.3 is 4.90 Å². The molecule has 128 valence electrons. The standard InChI is InChI=1S/C17H13F3N4O/c18-17(19,20)15-12-5-2-1-4-11(12)8-9-23(15)16(25)13-6-3-7-14-21-10-22-24(13)14/h1-7,10,15H,8-9H2. The Morgan fingerprint density at radius 3 is 2.72 bits per heavy atom. The summed E-state index contributed by atoms with van der Waals surface area (Å²) in [5, 5.41) is 3.94. The highest BCUT2D eigenvalue weighted by Crippen LogP contribution is 2.42. The van der Waals surface area contributed by atoms with Crippen molar-refractivity contribution in [1.82, 2.24) is 19.5 Å². The maximum absolute atomic E-state index is 13.8. The summed E-state index contributed by atoms with van der Waals surface area (Å²) in [5.41, 5.74) is 1.21. The van der Waals surface area contributed by atoms with Crippen LogP contribution in [0.4, 0.5) is 13.2 Å². The summed E-state index contributed by atoms with van der Waals surface area (Å²) in [5.74, 6) is -0.715. The second kappa shape index (κ2) is 5.58. The Labute approximate surface area is 140 Å². The number of pyridine rings is 1. The SMILES string of the molecule is O=C(c1cccc2ncnn12)N1CCc2ccccc2C1C(F)(F)F. The van der Waals surface area contributed by atoms with Crippen LogP contribution in [0.2, 0.25) is 0 Å². The van der Waals surface area contributed by atoms with E-state index in [0.717, 1.165) is 4.90 Å². The number of hydrogen-bond donors (Lipinski definition) is 0. The molecule has 1 unspecified atom stereocenters. The second-order valence-electron chi connectivity index (χ2n) is 5.83. The minimum absolute atomic E-state index is 0.00882. The van der Waals surface area contributed by atoms with Crippen molar-refractivity contribution in [3.63, 3.8) is 0 Å². The molecule has 1 amide bonds. The third-order valence-corrected chi connectivity index (χ3v) is 4.38. The minimum atomic E-state index is -4.57. The number of amides is 1. The Kier molecular flexibility index (Phi) is 3.48. The molecule has 4 rings (SSSR count). The van der Waals surface area contributed by atoms with Gasteiger partial charge in [-0.25, -0.2) is 9.50 Å². The van der Waals surface area contributed by atoms with Crippen LogP contribution < -0.4 is 0 Å². The topological polar surface area (TPSA) is 50.5 Å². The first-order chi connectivity index (χ1) is 12.0. The highest BCUT2D eigenvalue weighted by molar-refractivity contribution is 5.93. The lowest BCUT2D eigenvalue weighted by atomic mass is 9.92. The van der Waals surface area contributed by atoms with E-state index in [-0.39, 0.29) is 17.8 Å². The van der Waals surface area contributed by atoms with Gasteiger partial charge in [0.1, 0.15) is 12.0 Å². The smallest absolute Gasteiger partial charge is 0.321 e. The number of halogens is 3. The van der Waals surface area contributed by atoms with Crippen LogP contribution >= 0.6 is 0 Å². The molecule has 8 heteroatoms. The van der Waals surface area contributed by atoms with E-state index in [4.69, 9.17) is 0 Å². The van der Waals surface area contributed by atoms with E-state index in [0.29, 0.717) is 17.6 Å². The summed E-state index contributed by atoms with van der Waals surface area (Å²) in [6.45, 7) is -0.00882. The molecule has 3 aromatic rings. The predicted molar refractivity (Wildman–Crippen MR) is 83.0 cm³/mol. The number of nitrogens with zero attached hydrogens (tertiary/aromatic N) is 4. The minimum Gasteiger partial charge on any atom is -0.321 e. The molecule has 0 spiro atoms. The van der Waals surface area contributed by atoms with Crippen molar-refractivity contribution in [3.8, 4) is 0 Å². The first-order valence-electron chi connectivity index (χ1n) is 7.71. The zero-order valence-corrected chi connectivity index (χ0v) is 12.9. The van der Waals surface area contributed by atoms with Crippen molar-refractivity contribution >= 4 is 11.6 Å². The van der Waals surface area contributed by atoms with E-state index in [1.807, 2.05) is 0 Å². The average Bonchev–Trinajstić information content (AvgIpc) is 3.08. The van der Waals surface area contributed by atoms with Crippen LogP contribution in [0.25, 0.3) is 5.65 Å². The molecule has 3 heterocycles. The Morgan fingerprint density at radius 1 is 1.12 bits per heavy atom. The number of alkyl halides is 3. The molecule has 2 aromatic heterocycles. The van der Waals surface area contributed by atoms with E-state index in [1.54, 1.807) is 30.3 Å². The molecular formula is C17H13F3N4O. The van der Waals surface area contributed by atoms with Gasteiger partial charge in [-0.2, -0.15) is 18.3 Å². The molecule has 1 aliphatic rings. The third-order valence-electron chi connectivity index (χ3n) is 4.38. The van der Waals surface area contributed by atoms with Crippen LogP contribution in [-0.4, -0.2) is 38.1 Å². The maximum Gasteiger partial charge on any atom is 0.413 e. The van der Waals surface area contributed by atoms with Crippen LogP contribution in [0.1, 0.15) is 27.7 Å². The van der Waals surface area contributed by atoms with Gasteiger partial charge in [0.15, 0.2) is 11.7 Å². The van der Waals surface area contributed by atoms with Crippen LogP contribution in [0.5, 0.6) is 0 Å². The molecule has 1 aromatic carbocycles. The van der Waals surface area contributed by atoms with Crippen molar-refractivity contribution < 1.29 is 18.0 Å². The van der Waals surface area contributed by atoms with Crippen molar-refractivity contribution in [2.45, 2.75) is 18.6 Å². The maximum atomic E-state index is 13.8. The third kappa shape index (κ3) is 2.54. The number of carbonyl (C=O) groups excluding carboxylic acids is 1.